The SMILES string of the molecule is Nc1ncc(Br)cc1C#CCC=O. The largest absolute Gasteiger partial charge is 0.383 e. The Balaban J connectivity index is 2.95. The topological polar surface area (TPSA) is 56.0 Å². The molecule has 0 aliphatic carbocycles. The summed E-state index contributed by atoms with van der Waals surface area (Å²) < 4.78 is 0.817. The van der Waals surface area contributed by atoms with Crippen LogP contribution in [0.15, 0.2) is 16.7 Å². The summed E-state index contributed by atoms with van der Waals surface area (Å²) in [5.74, 6) is 5.79. The standard InChI is InChI=1S/C9H7BrN2O/c10-8-5-7(3-1-2-4-13)9(11)12-6-8/h4-6H,2H2,(H2,11,12). The van der Waals surface area contributed by atoms with E-state index in [4.69, 9.17) is 5.73 Å². The molecule has 2 N–H and O–H groups in total. The summed E-state index contributed by atoms with van der Waals surface area (Å²) >= 11 is 3.25. The fourth-order valence-electron chi connectivity index (χ4n) is 0.738. The zero-order chi connectivity index (χ0) is 9.68. The van der Waals surface area contributed by atoms with Crippen molar-refractivity contribution in [2.45, 2.75) is 6.42 Å². The summed E-state index contributed by atoms with van der Waals surface area (Å²) in [6.07, 6.45) is 2.56. The van der Waals surface area contributed by atoms with Gasteiger partial charge in [0.25, 0.3) is 0 Å². The molecule has 0 atom stereocenters. The van der Waals surface area contributed by atoms with Gasteiger partial charge in [0.1, 0.15) is 12.1 Å². The Kier molecular flexibility index (Phi) is 3.47. The van der Waals surface area contributed by atoms with Crippen molar-refractivity contribution in [2.24, 2.45) is 0 Å². The van der Waals surface area contributed by atoms with E-state index in [9.17, 15) is 4.79 Å². The highest BCUT2D eigenvalue weighted by Crippen LogP contribution is 2.13. The number of anilines is 1. The van der Waals surface area contributed by atoms with E-state index in [0.717, 1.165) is 10.8 Å². The van der Waals surface area contributed by atoms with Crippen LogP contribution in [0.2, 0.25) is 0 Å². The number of nitrogens with two attached hydrogens (primary N) is 1. The zero-order valence-corrected chi connectivity index (χ0v) is 8.34. The summed E-state index contributed by atoms with van der Waals surface area (Å²) in [4.78, 5) is 13.9. The molecular weight excluding hydrogens is 232 g/mol. The molecule has 1 aromatic rings. The molecule has 66 valence electrons. The van der Waals surface area contributed by atoms with E-state index >= 15 is 0 Å². The van der Waals surface area contributed by atoms with Crippen molar-refractivity contribution in [2.75, 3.05) is 5.73 Å². The van der Waals surface area contributed by atoms with Gasteiger partial charge in [0.2, 0.25) is 0 Å². The fourth-order valence-corrected chi connectivity index (χ4v) is 1.07. The molecule has 1 aromatic heterocycles. The van der Waals surface area contributed by atoms with E-state index in [1.807, 2.05) is 0 Å². The minimum atomic E-state index is 0.214. The molecule has 4 heteroatoms. The summed E-state index contributed by atoms with van der Waals surface area (Å²) in [6.45, 7) is 0. The minimum Gasteiger partial charge on any atom is -0.383 e. The number of hydrogen-bond acceptors (Lipinski definition) is 3. The third-order valence-electron chi connectivity index (χ3n) is 1.29. The number of aldehydes is 1. The first-order valence-electron chi connectivity index (χ1n) is 3.57. The molecule has 0 spiro atoms. The van der Waals surface area contributed by atoms with Crippen LogP contribution in [0.3, 0.4) is 0 Å². The van der Waals surface area contributed by atoms with Crippen LogP contribution in [0.5, 0.6) is 0 Å². The predicted molar refractivity (Wildman–Crippen MR) is 53.9 cm³/mol. The Labute approximate surface area is 84.5 Å². The predicted octanol–water partition coefficient (Wildman–Crippen LogP) is 1.37. The van der Waals surface area contributed by atoms with E-state index in [1.54, 1.807) is 12.3 Å². The molecule has 13 heavy (non-hydrogen) atoms. The second-order valence-corrected chi connectivity index (χ2v) is 3.17. The van der Waals surface area contributed by atoms with Gasteiger partial charge in [0.05, 0.1) is 12.0 Å². The lowest BCUT2D eigenvalue weighted by Crippen LogP contribution is -1.93. The van der Waals surface area contributed by atoms with Gasteiger partial charge in [-0.1, -0.05) is 11.8 Å². The second-order valence-electron chi connectivity index (χ2n) is 2.26. The number of hydrogen-bond donors (Lipinski definition) is 1. The second kappa shape index (κ2) is 4.63. The molecule has 3 nitrogen and oxygen atoms in total. The van der Waals surface area contributed by atoms with Gasteiger partial charge in [0.15, 0.2) is 0 Å². The average molecular weight is 239 g/mol. The van der Waals surface area contributed by atoms with Crippen LogP contribution >= 0.6 is 15.9 Å². The van der Waals surface area contributed by atoms with E-state index in [0.29, 0.717) is 11.4 Å². The number of nitrogen functional groups attached to an aromatic ring is 1. The molecular formula is C9H7BrN2O. The van der Waals surface area contributed by atoms with Crippen molar-refractivity contribution in [3.05, 3.63) is 22.3 Å². The van der Waals surface area contributed by atoms with Crippen LogP contribution in [0, 0.1) is 11.8 Å². The lowest BCUT2D eigenvalue weighted by molar-refractivity contribution is -0.107. The third-order valence-corrected chi connectivity index (χ3v) is 1.73. The monoisotopic (exact) mass is 238 g/mol. The highest BCUT2D eigenvalue weighted by molar-refractivity contribution is 9.10. The normalized spacial score (nSPS) is 8.69. The van der Waals surface area contributed by atoms with E-state index in [2.05, 4.69) is 32.8 Å². The maximum atomic E-state index is 9.99. The van der Waals surface area contributed by atoms with Gasteiger partial charge in [0, 0.05) is 10.7 Å². The molecule has 1 rings (SSSR count). The van der Waals surface area contributed by atoms with Gasteiger partial charge in [-0.2, -0.15) is 0 Å². The molecule has 0 bridgehead atoms. The molecule has 0 unspecified atom stereocenters. The summed E-state index contributed by atoms with van der Waals surface area (Å²) in [7, 11) is 0. The smallest absolute Gasteiger partial charge is 0.139 e. The molecule has 0 aliphatic heterocycles. The lowest BCUT2D eigenvalue weighted by atomic mass is 10.2. The number of nitrogens with zero attached hydrogens (tertiary/aromatic N) is 1. The Morgan fingerprint density at radius 2 is 2.46 bits per heavy atom. The number of halogens is 1. The van der Waals surface area contributed by atoms with Gasteiger partial charge in [-0.3, -0.25) is 0 Å². The quantitative estimate of drug-likeness (QED) is 0.594. The van der Waals surface area contributed by atoms with Gasteiger partial charge >= 0.3 is 0 Å². The Morgan fingerprint density at radius 1 is 1.69 bits per heavy atom. The van der Waals surface area contributed by atoms with Crippen molar-refractivity contribution in [3.63, 3.8) is 0 Å². The molecule has 0 aromatic carbocycles. The summed E-state index contributed by atoms with van der Waals surface area (Å²) in [5.41, 5.74) is 6.18. The summed E-state index contributed by atoms with van der Waals surface area (Å²) in [5, 5.41) is 0. The van der Waals surface area contributed by atoms with Crippen LogP contribution in [0.4, 0.5) is 5.82 Å². The Bertz CT molecular complexity index is 379. The Hall–Kier alpha value is -1.34. The first kappa shape index (κ1) is 9.75. The van der Waals surface area contributed by atoms with E-state index in [1.165, 1.54) is 0 Å². The van der Waals surface area contributed by atoms with Gasteiger partial charge in [-0.05, 0) is 22.0 Å². The number of carbonyl (C=O) groups excluding carboxylic acids is 1. The first-order chi connectivity index (χ1) is 6.24. The van der Waals surface area contributed by atoms with Gasteiger partial charge < -0.3 is 10.5 Å². The number of pyridine rings is 1. The fraction of sp³-hybridized carbons (Fsp3) is 0.111. The molecule has 1 heterocycles. The molecule has 0 radical (unpaired) electrons. The molecule has 0 fully saturated rings. The zero-order valence-electron chi connectivity index (χ0n) is 6.75. The van der Waals surface area contributed by atoms with Crippen LogP contribution in [-0.4, -0.2) is 11.3 Å². The molecule has 0 saturated heterocycles. The molecule has 0 saturated carbocycles. The van der Waals surface area contributed by atoms with Crippen LogP contribution < -0.4 is 5.73 Å². The van der Waals surface area contributed by atoms with Crippen LogP contribution in [-0.2, 0) is 4.79 Å². The third kappa shape index (κ3) is 2.88. The lowest BCUT2D eigenvalue weighted by Gasteiger charge is -1.96. The van der Waals surface area contributed by atoms with Crippen molar-refractivity contribution >= 4 is 28.0 Å². The van der Waals surface area contributed by atoms with Gasteiger partial charge in [-0.15, -0.1) is 0 Å². The highest BCUT2D eigenvalue weighted by Gasteiger charge is 1.96. The summed E-state index contributed by atoms with van der Waals surface area (Å²) in [6, 6.07) is 1.76. The number of aromatic nitrogens is 1. The van der Waals surface area contributed by atoms with Crippen molar-refractivity contribution < 1.29 is 4.79 Å². The number of rotatable bonds is 1. The molecule has 0 amide bonds. The first-order valence-corrected chi connectivity index (χ1v) is 4.37. The Morgan fingerprint density at radius 3 is 3.15 bits per heavy atom. The minimum absolute atomic E-state index is 0.214. The maximum Gasteiger partial charge on any atom is 0.139 e. The average Bonchev–Trinajstić information content (AvgIpc) is 2.11. The van der Waals surface area contributed by atoms with Crippen molar-refractivity contribution in [1.82, 2.24) is 4.98 Å². The molecule has 0 aliphatic rings. The van der Waals surface area contributed by atoms with Crippen LogP contribution in [0.25, 0.3) is 0 Å². The maximum absolute atomic E-state index is 9.99. The highest BCUT2D eigenvalue weighted by atomic mass is 79.9. The van der Waals surface area contributed by atoms with Gasteiger partial charge in [-0.25, -0.2) is 4.98 Å². The van der Waals surface area contributed by atoms with Crippen molar-refractivity contribution in [3.8, 4) is 11.8 Å². The van der Waals surface area contributed by atoms with E-state index in [-0.39, 0.29) is 6.42 Å². The van der Waals surface area contributed by atoms with E-state index < -0.39 is 0 Å². The van der Waals surface area contributed by atoms with Crippen LogP contribution in [0.1, 0.15) is 12.0 Å². The van der Waals surface area contributed by atoms with Crippen molar-refractivity contribution in [1.29, 1.82) is 0 Å². The number of carbonyl (C=O) groups is 1.